The second-order valence-electron chi connectivity index (χ2n) is 8.27. The van der Waals surface area contributed by atoms with Crippen molar-refractivity contribution >= 4 is 28.7 Å². The molecule has 0 saturated heterocycles. The molecule has 1 heterocycles. The van der Waals surface area contributed by atoms with Gasteiger partial charge in [-0.25, -0.2) is 9.78 Å². The molecular weight excluding hydrogens is 358 g/mol. The molecule has 1 aromatic heterocycles. The lowest BCUT2D eigenvalue weighted by molar-refractivity contribution is -0.119. The number of carbonyl (C=O) groups excluding carboxylic acids is 2. The Labute approximate surface area is 164 Å². The Morgan fingerprint density at radius 1 is 1.18 bits per heavy atom. The van der Waals surface area contributed by atoms with E-state index in [1.54, 1.807) is 44.9 Å². The average molecular weight is 385 g/mol. The van der Waals surface area contributed by atoms with Crippen molar-refractivity contribution in [1.82, 2.24) is 9.88 Å². The predicted molar refractivity (Wildman–Crippen MR) is 106 cm³/mol. The summed E-state index contributed by atoms with van der Waals surface area (Å²) in [5, 5.41) is 3.89. The molecule has 0 radical (unpaired) electrons. The number of ketones is 1. The number of hydrogen-bond donors (Lipinski definition) is 0. The van der Waals surface area contributed by atoms with Crippen LogP contribution in [0, 0.1) is 5.41 Å². The number of hydrogen-bond acceptors (Lipinski definition) is 6. The third-order valence-electron chi connectivity index (χ3n) is 5.02. The maximum atomic E-state index is 12.9. The summed E-state index contributed by atoms with van der Waals surface area (Å²) < 4.78 is 5.69. The van der Waals surface area contributed by atoms with Gasteiger partial charge in [-0.2, -0.15) is 0 Å². The highest BCUT2D eigenvalue weighted by atomic mass is 16.7. The maximum Gasteiger partial charge on any atom is 0.435 e. The standard InChI is InChI=1S/C21H27N3O4/c1-21(2,3)18(25)17(19-22-15-12-8-9-13-16(15)27-19)23-28-20(26)24(4)14-10-6-5-7-11-14/h8-9,12-14H,5-7,10-11H2,1-4H3/b23-17+. The van der Waals surface area contributed by atoms with E-state index >= 15 is 0 Å². The van der Waals surface area contributed by atoms with Crippen LogP contribution in [0.15, 0.2) is 33.8 Å². The molecule has 150 valence electrons. The van der Waals surface area contributed by atoms with E-state index in [9.17, 15) is 9.59 Å². The van der Waals surface area contributed by atoms with Gasteiger partial charge in [-0.3, -0.25) is 9.63 Å². The Bertz CT molecular complexity index is 855. The van der Waals surface area contributed by atoms with E-state index in [-0.39, 0.29) is 23.4 Å². The van der Waals surface area contributed by atoms with E-state index in [2.05, 4.69) is 10.1 Å². The minimum atomic E-state index is -0.735. The molecule has 1 aliphatic carbocycles. The van der Waals surface area contributed by atoms with Crippen LogP contribution in [0.1, 0.15) is 58.8 Å². The first-order valence-corrected chi connectivity index (χ1v) is 9.70. The number of amides is 1. The van der Waals surface area contributed by atoms with Crippen LogP contribution < -0.4 is 0 Å². The Morgan fingerprint density at radius 2 is 1.86 bits per heavy atom. The minimum Gasteiger partial charge on any atom is -0.435 e. The molecule has 1 aromatic carbocycles. The first-order valence-electron chi connectivity index (χ1n) is 9.70. The quantitative estimate of drug-likeness (QED) is 0.438. The molecule has 28 heavy (non-hydrogen) atoms. The molecule has 2 aromatic rings. The van der Waals surface area contributed by atoms with Crippen molar-refractivity contribution in [2.75, 3.05) is 7.05 Å². The van der Waals surface area contributed by atoms with E-state index in [1.807, 2.05) is 12.1 Å². The highest BCUT2D eigenvalue weighted by molar-refractivity contribution is 6.46. The number of fused-ring (bicyclic) bond motifs is 1. The number of oxazole rings is 1. The number of Topliss-reactive ketones (excluding diaryl/α,β-unsaturated/α-hetero) is 1. The SMILES string of the molecule is CN(C(=O)O/N=C(\C(=O)C(C)(C)C)c1nc2ccccc2o1)C1CCCCC1. The van der Waals surface area contributed by atoms with E-state index in [1.165, 1.54) is 6.42 Å². The molecule has 1 fully saturated rings. The Morgan fingerprint density at radius 3 is 2.50 bits per heavy atom. The molecule has 7 nitrogen and oxygen atoms in total. The minimum absolute atomic E-state index is 0.0502. The van der Waals surface area contributed by atoms with Gasteiger partial charge in [0.1, 0.15) is 5.52 Å². The second-order valence-corrected chi connectivity index (χ2v) is 8.27. The third-order valence-corrected chi connectivity index (χ3v) is 5.02. The monoisotopic (exact) mass is 385 g/mol. The van der Waals surface area contributed by atoms with Crippen molar-refractivity contribution in [2.45, 2.75) is 58.9 Å². The zero-order valence-electron chi connectivity index (χ0n) is 16.9. The lowest BCUT2D eigenvalue weighted by atomic mass is 9.88. The lowest BCUT2D eigenvalue weighted by Crippen LogP contribution is -2.38. The summed E-state index contributed by atoms with van der Waals surface area (Å²) in [6.45, 7) is 5.30. The van der Waals surface area contributed by atoms with Gasteiger partial charge < -0.3 is 9.32 Å². The van der Waals surface area contributed by atoms with Crippen LogP contribution in [-0.4, -0.2) is 40.6 Å². The molecule has 0 unspecified atom stereocenters. The van der Waals surface area contributed by atoms with Gasteiger partial charge in [0, 0.05) is 18.5 Å². The molecule has 0 N–H and O–H groups in total. The van der Waals surface area contributed by atoms with Gasteiger partial charge in [-0.15, -0.1) is 0 Å². The number of nitrogens with zero attached hydrogens (tertiary/aromatic N) is 3. The molecule has 1 saturated carbocycles. The Hall–Kier alpha value is -2.70. The van der Waals surface area contributed by atoms with E-state index in [0.717, 1.165) is 25.7 Å². The summed E-state index contributed by atoms with van der Waals surface area (Å²) in [5.74, 6) is -0.263. The maximum absolute atomic E-state index is 12.9. The van der Waals surface area contributed by atoms with Gasteiger partial charge in [0.15, 0.2) is 11.4 Å². The summed E-state index contributed by atoms with van der Waals surface area (Å²) >= 11 is 0. The molecule has 1 amide bonds. The van der Waals surface area contributed by atoms with Gasteiger partial charge in [0.25, 0.3) is 5.89 Å². The molecule has 0 aliphatic heterocycles. The molecule has 0 bridgehead atoms. The van der Waals surface area contributed by atoms with Crippen LogP contribution >= 0.6 is 0 Å². The van der Waals surface area contributed by atoms with Crippen LogP contribution in [0.3, 0.4) is 0 Å². The summed E-state index contributed by atoms with van der Waals surface area (Å²) in [6, 6.07) is 7.33. The number of oxime groups is 1. The number of rotatable bonds is 4. The highest BCUT2D eigenvalue weighted by Crippen LogP contribution is 2.23. The zero-order chi connectivity index (χ0) is 20.3. The first-order chi connectivity index (χ1) is 13.3. The number of para-hydroxylation sites is 2. The van der Waals surface area contributed by atoms with Crippen molar-refractivity contribution in [2.24, 2.45) is 10.6 Å². The summed E-state index contributed by atoms with van der Waals surface area (Å²) in [4.78, 5) is 36.4. The fourth-order valence-corrected chi connectivity index (χ4v) is 3.27. The van der Waals surface area contributed by atoms with Crippen LogP contribution in [0.4, 0.5) is 4.79 Å². The normalized spacial score (nSPS) is 16.2. The van der Waals surface area contributed by atoms with Crippen molar-refractivity contribution < 1.29 is 18.8 Å². The van der Waals surface area contributed by atoms with Gasteiger partial charge in [-0.05, 0) is 25.0 Å². The predicted octanol–water partition coefficient (Wildman–Crippen LogP) is 4.55. The van der Waals surface area contributed by atoms with Crippen molar-refractivity contribution in [1.29, 1.82) is 0 Å². The molecular formula is C21H27N3O4. The fourth-order valence-electron chi connectivity index (χ4n) is 3.27. The summed E-state index contributed by atoms with van der Waals surface area (Å²) in [7, 11) is 1.71. The van der Waals surface area contributed by atoms with E-state index in [4.69, 9.17) is 9.25 Å². The summed E-state index contributed by atoms with van der Waals surface area (Å²) in [5.41, 5.74) is 0.325. The fraction of sp³-hybridized carbons (Fsp3) is 0.524. The second kappa shape index (κ2) is 8.12. The topological polar surface area (TPSA) is 85.0 Å². The smallest absolute Gasteiger partial charge is 0.435 e. The Balaban J connectivity index is 1.86. The largest absolute Gasteiger partial charge is 0.435 e. The molecule has 0 spiro atoms. The van der Waals surface area contributed by atoms with Crippen LogP contribution in [-0.2, 0) is 9.63 Å². The van der Waals surface area contributed by atoms with Gasteiger partial charge in [0.2, 0.25) is 5.71 Å². The van der Waals surface area contributed by atoms with E-state index in [0.29, 0.717) is 11.1 Å². The molecule has 7 heteroatoms. The number of carbonyl (C=O) groups is 2. The average Bonchev–Trinajstić information content (AvgIpc) is 3.11. The summed E-state index contributed by atoms with van der Waals surface area (Å²) in [6.07, 6.45) is 4.72. The van der Waals surface area contributed by atoms with Crippen LogP contribution in [0.25, 0.3) is 11.1 Å². The van der Waals surface area contributed by atoms with Crippen molar-refractivity contribution in [3.63, 3.8) is 0 Å². The zero-order valence-corrected chi connectivity index (χ0v) is 16.9. The molecule has 1 aliphatic rings. The van der Waals surface area contributed by atoms with Crippen molar-refractivity contribution in [3.8, 4) is 0 Å². The van der Waals surface area contributed by atoms with Gasteiger partial charge in [0.05, 0.1) is 0 Å². The molecule has 0 atom stereocenters. The Kier molecular flexibility index (Phi) is 5.82. The lowest BCUT2D eigenvalue weighted by Gasteiger charge is -2.29. The highest BCUT2D eigenvalue weighted by Gasteiger charge is 2.32. The van der Waals surface area contributed by atoms with Gasteiger partial charge in [-0.1, -0.05) is 57.3 Å². The van der Waals surface area contributed by atoms with Gasteiger partial charge >= 0.3 is 6.09 Å². The van der Waals surface area contributed by atoms with Crippen molar-refractivity contribution in [3.05, 3.63) is 30.2 Å². The van der Waals surface area contributed by atoms with E-state index < -0.39 is 11.5 Å². The first kappa shape index (κ1) is 20.0. The van der Waals surface area contributed by atoms with Crippen LogP contribution in [0.5, 0.6) is 0 Å². The number of aromatic nitrogens is 1. The molecule has 3 rings (SSSR count). The van der Waals surface area contributed by atoms with Crippen LogP contribution in [0.2, 0.25) is 0 Å². The number of benzene rings is 1. The third kappa shape index (κ3) is 4.40.